The van der Waals surface area contributed by atoms with Crippen molar-refractivity contribution in [3.05, 3.63) is 20.8 Å². The van der Waals surface area contributed by atoms with Gasteiger partial charge in [-0.05, 0) is 68.2 Å². The van der Waals surface area contributed by atoms with E-state index in [0.29, 0.717) is 12.1 Å². The van der Waals surface area contributed by atoms with Crippen LogP contribution in [0.4, 0.5) is 0 Å². The Morgan fingerprint density at radius 1 is 1.44 bits per heavy atom. The summed E-state index contributed by atoms with van der Waals surface area (Å²) in [5, 5.41) is 5.87. The maximum Gasteiger partial charge on any atom is 0.0302 e. The molecule has 1 unspecified atom stereocenters. The lowest BCUT2D eigenvalue weighted by atomic mass is 10.1. The van der Waals surface area contributed by atoms with E-state index < -0.39 is 0 Å². The SMILES string of the molecule is CC(C)N1CCCC(NCc2cc(Br)cs2)CC1. The zero-order valence-electron chi connectivity index (χ0n) is 11.3. The van der Waals surface area contributed by atoms with Gasteiger partial charge < -0.3 is 10.2 Å². The van der Waals surface area contributed by atoms with E-state index in [0.717, 1.165) is 6.54 Å². The Balaban J connectivity index is 1.77. The molecule has 1 aromatic heterocycles. The summed E-state index contributed by atoms with van der Waals surface area (Å²) in [6.45, 7) is 8.13. The molecule has 1 saturated heterocycles. The molecular formula is C14H23BrN2S. The molecule has 0 aromatic carbocycles. The highest BCUT2D eigenvalue weighted by Crippen LogP contribution is 2.20. The van der Waals surface area contributed by atoms with Gasteiger partial charge >= 0.3 is 0 Å². The van der Waals surface area contributed by atoms with Gasteiger partial charge in [0, 0.05) is 33.4 Å². The molecule has 0 spiro atoms. The van der Waals surface area contributed by atoms with E-state index in [9.17, 15) is 0 Å². The van der Waals surface area contributed by atoms with Crippen molar-refractivity contribution in [3.8, 4) is 0 Å². The van der Waals surface area contributed by atoms with Crippen LogP contribution in [0.25, 0.3) is 0 Å². The van der Waals surface area contributed by atoms with Crippen LogP contribution >= 0.6 is 27.3 Å². The maximum absolute atomic E-state index is 3.71. The Kier molecular flexibility index (Phi) is 5.67. The summed E-state index contributed by atoms with van der Waals surface area (Å²) in [6, 6.07) is 3.60. The lowest BCUT2D eigenvalue weighted by Crippen LogP contribution is -2.33. The van der Waals surface area contributed by atoms with Gasteiger partial charge in [0.25, 0.3) is 0 Å². The average Bonchev–Trinajstić information content (AvgIpc) is 2.62. The van der Waals surface area contributed by atoms with E-state index in [2.05, 4.69) is 51.4 Å². The number of hydrogen-bond acceptors (Lipinski definition) is 3. The molecule has 1 N–H and O–H groups in total. The minimum atomic E-state index is 0.689. The second-order valence-corrected chi connectivity index (χ2v) is 7.28. The van der Waals surface area contributed by atoms with Gasteiger partial charge in [0.2, 0.25) is 0 Å². The largest absolute Gasteiger partial charge is 0.309 e. The number of nitrogens with one attached hydrogen (secondary N) is 1. The molecule has 0 bridgehead atoms. The van der Waals surface area contributed by atoms with Gasteiger partial charge in [-0.15, -0.1) is 11.3 Å². The van der Waals surface area contributed by atoms with Crippen molar-refractivity contribution in [2.75, 3.05) is 13.1 Å². The molecule has 1 atom stereocenters. The summed E-state index contributed by atoms with van der Waals surface area (Å²) >= 11 is 5.34. The molecule has 0 radical (unpaired) electrons. The number of halogens is 1. The van der Waals surface area contributed by atoms with Crippen molar-refractivity contribution in [2.45, 2.75) is 51.7 Å². The number of rotatable bonds is 4. The van der Waals surface area contributed by atoms with Crippen molar-refractivity contribution < 1.29 is 0 Å². The van der Waals surface area contributed by atoms with Crippen LogP contribution in [0.1, 0.15) is 38.0 Å². The van der Waals surface area contributed by atoms with Gasteiger partial charge in [-0.2, -0.15) is 0 Å². The highest BCUT2D eigenvalue weighted by molar-refractivity contribution is 9.10. The topological polar surface area (TPSA) is 15.3 Å². The fourth-order valence-corrected chi connectivity index (χ4v) is 3.93. The Hall–Kier alpha value is 0.1000. The van der Waals surface area contributed by atoms with Crippen LogP contribution in [0, 0.1) is 0 Å². The molecule has 0 aliphatic carbocycles. The third-order valence-electron chi connectivity index (χ3n) is 3.68. The summed E-state index contributed by atoms with van der Waals surface area (Å²) < 4.78 is 1.20. The number of hydrogen-bond donors (Lipinski definition) is 1. The first-order valence-corrected chi connectivity index (χ1v) is 8.53. The Morgan fingerprint density at radius 2 is 2.28 bits per heavy atom. The fourth-order valence-electron chi connectivity index (χ4n) is 2.53. The van der Waals surface area contributed by atoms with E-state index in [-0.39, 0.29) is 0 Å². The van der Waals surface area contributed by atoms with Crippen molar-refractivity contribution in [2.24, 2.45) is 0 Å². The Morgan fingerprint density at radius 3 is 2.94 bits per heavy atom. The smallest absolute Gasteiger partial charge is 0.0302 e. The van der Waals surface area contributed by atoms with Crippen LogP contribution in [-0.2, 0) is 6.54 Å². The summed E-state index contributed by atoms with van der Waals surface area (Å²) in [4.78, 5) is 4.02. The van der Waals surface area contributed by atoms with Gasteiger partial charge in [-0.3, -0.25) is 0 Å². The lowest BCUT2D eigenvalue weighted by Gasteiger charge is -2.24. The van der Waals surface area contributed by atoms with Crippen LogP contribution in [0.5, 0.6) is 0 Å². The van der Waals surface area contributed by atoms with E-state index in [1.54, 1.807) is 0 Å². The molecule has 1 aromatic rings. The first-order chi connectivity index (χ1) is 8.65. The fraction of sp³-hybridized carbons (Fsp3) is 0.714. The summed E-state index contributed by atoms with van der Waals surface area (Å²) in [5.41, 5.74) is 0. The van der Waals surface area contributed by atoms with Crippen LogP contribution in [0.15, 0.2) is 15.9 Å². The molecule has 1 fully saturated rings. The van der Waals surface area contributed by atoms with E-state index in [4.69, 9.17) is 0 Å². The first kappa shape index (κ1) is 14.5. The lowest BCUT2D eigenvalue weighted by molar-refractivity contribution is 0.229. The molecule has 102 valence electrons. The average molecular weight is 331 g/mol. The number of likely N-dealkylation sites (tertiary alicyclic amines) is 1. The Bertz CT molecular complexity index is 364. The van der Waals surface area contributed by atoms with E-state index in [1.165, 1.54) is 41.7 Å². The third kappa shape index (κ3) is 4.34. The van der Waals surface area contributed by atoms with Crippen molar-refractivity contribution >= 4 is 27.3 Å². The zero-order chi connectivity index (χ0) is 13.0. The van der Waals surface area contributed by atoms with Crippen LogP contribution in [-0.4, -0.2) is 30.1 Å². The number of thiophene rings is 1. The second-order valence-electron chi connectivity index (χ2n) is 5.37. The molecule has 4 heteroatoms. The molecule has 0 amide bonds. The highest BCUT2D eigenvalue weighted by Gasteiger charge is 2.18. The predicted molar refractivity (Wildman–Crippen MR) is 83.2 cm³/mol. The monoisotopic (exact) mass is 330 g/mol. The van der Waals surface area contributed by atoms with Crippen LogP contribution in [0.2, 0.25) is 0 Å². The quantitative estimate of drug-likeness (QED) is 0.901. The summed E-state index contributed by atoms with van der Waals surface area (Å²) in [7, 11) is 0. The summed E-state index contributed by atoms with van der Waals surface area (Å²) in [6.07, 6.45) is 3.92. The second kappa shape index (κ2) is 7.04. The molecule has 0 saturated carbocycles. The van der Waals surface area contributed by atoms with Gasteiger partial charge in [-0.25, -0.2) is 0 Å². The van der Waals surface area contributed by atoms with E-state index >= 15 is 0 Å². The molecule has 1 aliphatic rings. The molecule has 2 nitrogen and oxygen atoms in total. The minimum absolute atomic E-state index is 0.689. The molecular weight excluding hydrogens is 308 g/mol. The van der Waals surface area contributed by atoms with Gasteiger partial charge in [0.15, 0.2) is 0 Å². The molecule has 1 aliphatic heterocycles. The van der Waals surface area contributed by atoms with E-state index in [1.807, 2.05) is 11.3 Å². The van der Waals surface area contributed by atoms with Gasteiger partial charge in [0.1, 0.15) is 0 Å². The van der Waals surface area contributed by atoms with Crippen molar-refractivity contribution in [3.63, 3.8) is 0 Å². The maximum atomic E-state index is 3.71. The summed E-state index contributed by atoms with van der Waals surface area (Å²) in [5.74, 6) is 0. The zero-order valence-corrected chi connectivity index (χ0v) is 13.7. The van der Waals surface area contributed by atoms with Gasteiger partial charge in [-0.1, -0.05) is 0 Å². The molecule has 2 heterocycles. The highest BCUT2D eigenvalue weighted by atomic mass is 79.9. The predicted octanol–water partition coefficient (Wildman–Crippen LogP) is 3.86. The van der Waals surface area contributed by atoms with Crippen LogP contribution < -0.4 is 5.32 Å². The normalized spacial score (nSPS) is 22.3. The Labute approximate surface area is 123 Å². The van der Waals surface area contributed by atoms with Crippen LogP contribution in [0.3, 0.4) is 0 Å². The first-order valence-electron chi connectivity index (χ1n) is 6.85. The molecule has 18 heavy (non-hydrogen) atoms. The third-order valence-corrected chi connectivity index (χ3v) is 5.38. The standard InChI is InChI=1S/C14H23BrN2S/c1-11(2)17-6-3-4-13(5-7-17)16-9-14-8-12(15)10-18-14/h8,10-11,13,16H,3-7,9H2,1-2H3. The van der Waals surface area contributed by atoms with Crippen molar-refractivity contribution in [1.29, 1.82) is 0 Å². The van der Waals surface area contributed by atoms with Gasteiger partial charge in [0.05, 0.1) is 0 Å². The minimum Gasteiger partial charge on any atom is -0.309 e. The number of nitrogens with zero attached hydrogens (tertiary/aromatic N) is 1. The molecule has 2 rings (SSSR count). The van der Waals surface area contributed by atoms with Crippen molar-refractivity contribution in [1.82, 2.24) is 10.2 Å².